The van der Waals surface area contributed by atoms with Crippen LogP contribution in [-0.4, -0.2) is 57.9 Å². The number of nitrogens with one attached hydrogen (secondary N) is 1. The molecule has 1 saturated heterocycles. The van der Waals surface area contributed by atoms with E-state index in [-0.39, 0.29) is 35.3 Å². The second-order valence-corrected chi connectivity index (χ2v) is 8.52. The van der Waals surface area contributed by atoms with Crippen LogP contribution in [0.2, 0.25) is 0 Å². The number of nitrogens with zero attached hydrogens (tertiary/aromatic N) is 4. The van der Waals surface area contributed by atoms with Gasteiger partial charge in [-0.25, -0.2) is 18.6 Å². The Morgan fingerprint density at radius 3 is 2.25 bits per heavy atom. The molecule has 2 fully saturated rings. The van der Waals surface area contributed by atoms with E-state index in [2.05, 4.69) is 15.3 Å². The lowest BCUT2D eigenvalue weighted by Crippen LogP contribution is -2.49. The standard InChI is InChI=1S/C23H27F2N5O2/c1-29(19-6-8-30(9-7-19)22(31)15-4-2-3-5-15)23(32)28-21-14-26-20(13-27-21)16-10-17(24)12-18(25)11-16/h10-15,19H,2-9H2,1H3,(H,27,28,32). The maximum absolute atomic E-state index is 13.4. The van der Waals surface area contributed by atoms with Gasteiger partial charge in [-0.15, -0.1) is 0 Å². The molecule has 4 rings (SSSR count). The van der Waals surface area contributed by atoms with Crippen molar-refractivity contribution in [3.05, 3.63) is 42.2 Å². The Kier molecular flexibility index (Phi) is 6.62. The summed E-state index contributed by atoms with van der Waals surface area (Å²) in [6.45, 7) is 1.33. The summed E-state index contributed by atoms with van der Waals surface area (Å²) in [5.41, 5.74) is 0.568. The van der Waals surface area contributed by atoms with Crippen LogP contribution in [0.15, 0.2) is 30.6 Å². The summed E-state index contributed by atoms with van der Waals surface area (Å²) in [5, 5.41) is 2.70. The van der Waals surface area contributed by atoms with Crippen LogP contribution >= 0.6 is 0 Å². The molecule has 2 aliphatic rings. The summed E-state index contributed by atoms with van der Waals surface area (Å²) in [5.74, 6) is -0.704. The average Bonchev–Trinajstić information content (AvgIpc) is 3.33. The summed E-state index contributed by atoms with van der Waals surface area (Å²) in [7, 11) is 1.73. The van der Waals surface area contributed by atoms with Crippen molar-refractivity contribution >= 4 is 17.8 Å². The number of amides is 3. The third-order valence-corrected chi connectivity index (χ3v) is 6.39. The second-order valence-electron chi connectivity index (χ2n) is 8.52. The molecule has 0 spiro atoms. The van der Waals surface area contributed by atoms with Crippen LogP contribution in [0, 0.1) is 17.6 Å². The molecular weight excluding hydrogens is 416 g/mol. The van der Waals surface area contributed by atoms with E-state index in [1.807, 2.05) is 4.90 Å². The molecule has 0 unspecified atom stereocenters. The minimum Gasteiger partial charge on any atom is -0.342 e. The number of hydrogen-bond donors (Lipinski definition) is 1. The number of aromatic nitrogens is 2. The van der Waals surface area contributed by atoms with Crippen molar-refractivity contribution < 1.29 is 18.4 Å². The van der Waals surface area contributed by atoms with Gasteiger partial charge < -0.3 is 9.80 Å². The first-order chi connectivity index (χ1) is 15.4. The molecule has 0 atom stereocenters. The first-order valence-electron chi connectivity index (χ1n) is 11.0. The number of carbonyl (C=O) groups excluding carboxylic acids is 2. The molecule has 1 aromatic carbocycles. The number of urea groups is 1. The Morgan fingerprint density at radius 1 is 1.00 bits per heavy atom. The van der Waals surface area contributed by atoms with Crippen molar-refractivity contribution in [1.82, 2.24) is 19.8 Å². The first-order valence-corrected chi connectivity index (χ1v) is 11.0. The maximum atomic E-state index is 13.4. The van der Waals surface area contributed by atoms with Gasteiger partial charge in [0.2, 0.25) is 5.91 Å². The summed E-state index contributed by atoms with van der Waals surface area (Å²) < 4.78 is 26.8. The van der Waals surface area contributed by atoms with E-state index in [0.29, 0.717) is 18.8 Å². The summed E-state index contributed by atoms with van der Waals surface area (Å²) in [6.07, 6.45) is 8.45. The average molecular weight is 443 g/mol. The predicted octanol–water partition coefficient (Wildman–Crippen LogP) is 4.07. The fraction of sp³-hybridized carbons (Fsp3) is 0.478. The molecule has 0 radical (unpaired) electrons. The van der Waals surface area contributed by atoms with E-state index in [9.17, 15) is 18.4 Å². The summed E-state index contributed by atoms with van der Waals surface area (Å²) in [6, 6.07) is 2.84. The van der Waals surface area contributed by atoms with Crippen molar-refractivity contribution in [2.24, 2.45) is 5.92 Å². The van der Waals surface area contributed by atoms with Crippen molar-refractivity contribution in [3.63, 3.8) is 0 Å². The number of anilines is 1. The SMILES string of the molecule is CN(C(=O)Nc1cnc(-c2cc(F)cc(F)c2)cn1)C1CCN(C(=O)C2CCCC2)CC1. The van der Waals surface area contributed by atoms with Gasteiger partial charge in [0, 0.05) is 43.7 Å². The van der Waals surface area contributed by atoms with Crippen LogP contribution in [-0.2, 0) is 4.79 Å². The molecule has 3 amide bonds. The number of carbonyl (C=O) groups is 2. The fourth-order valence-electron chi connectivity index (χ4n) is 4.51. The van der Waals surface area contributed by atoms with Crippen LogP contribution in [0.25, 0.3) is 11.3 Å². The minimum absolute atomic E-state index is 0.0325. The van der Waals surface area contributed by atoms with E-state index in [4.69, 9.17) is 0 Å². The predicted molar refractivity (Wildman–Crippen MR) is 116 cm³/mol. The molecule has 9 heteroatoms. The highest BCUT2D eigenvalue weighted by molar-refractivity contribution is 5.88. The molecule has 1 aromatic heterocycles. The van der Waals surface area contributed by atoms with Gasteiger partial charge in [0.05, 0.1) is 18.1 Å². The van der Waals surface area contributed by atoms with Crippen molar-refractivity contribution in [2.45, 2.75) is 44.6 Å². The van der Waals surface area contributed by atoms with E-state index < -0.39 is 11.6 Å². The van der Waals surface area contributed by atoms with Gasteiger partial charge >= 0.3 is 6.03 Å². The number of likely N-dealkylation sites (tertiary alicyclic amines) is 1. The molecule has 2 aromatic rings. The van der Waals surface area contributed by atoms with Gasteiger partial charge in [0.1, 0.15) is 11.6 Å². The fourth-order valence-corrected chi connectivity index (χ4v) is 4.51. The largest absolute Gasteiger partial charge is 0.342 e. The first kappa shape index (κ1) is 22.1. The molecule has 7 nitrogen and oxygen atoms in total. The van der Waals surface area contributed by atoms with Crippen molar-refractivity contribution in [2.75, 3.05) is 25.5 Å². The molecule has 1 aliphatic heterocycles. The van der Waals surface area contributed by atoms with E-state index in [1.165, 1.54) is 24.5 Å². The molecule has 1 N–H and O–H groups in total. The van der Waals surface area contributed by atoms with Gasteiger partial charge in [0.15, 0.2) is 5.82 Å². The number of piperidine rings is 1. The van der Waals surface area contributed by atoms with Crippen LogP contribution in [0.4, 0.5) is 19.4 Å². The number of benzene rings is 1. The smallest absolute Gasteiger partial charge is 0.323 e. The Morgan fingerprint density at radius 2 is 1.66 bits per heavy atom. The van der Waals surface area contributed by atoms with Crippen LogP contribution < -0.4 is 5.32 Å². The molecule has 1 saturated carbocycles. The number of halogens is 2. The van der Waals surface area contributed by atoms with Crippen LogP contribution in [0.1, 0.15) is 38.5 Å². The van der Waals surface area contributed by atoms with Gasteiger partial charge in [-0.3, -0.25) is 15.1 Å². The van der Waals surface area contributed by atoms with Gasteiger partial charge in [-0.2, -0.15) is 0 Å². The van der Waals surface area contributed by atoms with Crippen molar-refractivity contribution in [3.8, 4) is 11.3 Å². The van der Waals surface area contributed by atoms with Gasteiger partial charge in [0.25, 0.3) is 0 Å². The second kappa shape index (κ2) is 9.58. The Labute approximate surface area is 185 Å². The highest BCUT2D eigenvalue weighted by atomic mass is 19.1. The molecule has 32 heavy (non-hydrogen) atoms. The minimum atomic E-state index is -0.697. The number of hydrogen-bond acceptors (Lipinski definition) is 4. The highest BCUT2D eigenvalue weighted by Crippen LogP contribution is 2.28. The quantitative estimate of drug-likeness (QED) is 0.773. The zero-order chi connectivity index (χ0) is 22.7. The topological polar surface area (TPSA) is 78.4 Å². The Balaban J connectivity index is 1.30. The lowest BCUT2D eigenvalue weighted by atomic mass is 10.0. The zero-order valence-electron chi connectivity index (χ0n) is 18.1. The van der Waals surface area contributed by atoms with Crippen LogP contribution in [0.5, 0.6) is 0 Å². The third kappa shape index (κ3) is 5.03. The molecular formula is C23H27F2N5O2. The highest BCUT2D eigenvalue weighted by Gasteiger charge is 2.32. The third-order valence-electron chi connectivity index (χ3n) is 6.39. The normalized spacial score (nSPS) is 17.4. The Bertz CT molecular complexity index is 951. The van der Waals surface area contributed by atoms with E-state index in [0.717, 1.165) is 44.6 Å². The lowest BCUT2D eigenvalue weighted by Gasteiger charge is -2.37. The Hall–Kier alpha value is -3.10. The van der Waals surface area contributed by atoms with Crippen LogP contribution in [0.3, 0.4) is 0 Å². The summed E-state index contributed by atoms with van der Waals surface area (Å²) in [4.78, 5) is 37.1. The van der Waals surface area contributed by atoms with Gasteiger partial charge in [-0.1, -0.05) is 12.8 Å². The zero-order valence-corrected chi connectivity index (χ0v) is 18.1. The lowest BCUT2D eigenvalue weighted by molar-refractivity contribution is -0.136. The molecule has 1 aliphatic carbocycles. The molecule has 0 bridgehead atoms. The molecule has 2 heterocycles. The maximum Gasteiger partial charge on any atom is 0.323 e. The monoisotopic (exact) mass is 443 g/mol. The molecule has 170 valence electrons. The van der Waals surface area contributed by atoms with Gasteiger partial charge in [-0.05, 0) is 37.8 Å². The van der Waals surface area contributed by atoms with Crippen molar-refractivity contribution in [1.29, 1.82) is 0 Å². The number of rotatable bonds is 4. The van der Waals surface area contributed by atoms with E-state index >= 15 is 0 Å². The van der Waals surface area contributed by atoms with E-state index in [1.54, 1.807) is 11.9 Å². The summed E-state index contributed by atoms with van der Waals surface area (Å²) >= 11 is 0.